The fourth-order valence-electron chi connectivity index (χ4n) is 5.56. The molecule has 0 unspecified atom stereocenters. The lowest BCUT2D eigenvalue weighted by Gasteiger charge is -2.30. The lowest BCUT2D eigenvalue weighted by molar-refractivity contribution is -0.142. The number of hydrogen-bond acceptors (Lipinski definition) is 10. The topological polar surface area (TPSA) is 244 Å². The van der Waals surface area contributed by atoms with Crippen molar-refractivity contribution in [3.05, 3.63) is 29.8 Å². The molecule has 0 aliphatic carbocycles. The number of carboxylic acid groups (broad SMARTS) is 1. The third-order valence-corrected chi connectivity index (χ3v) is 8.09. The molecule has 2 aliphatic rings. The number of hydrogen-bond donors (Lipinski definition) is 9. The number of phenolic OH excluding ortho intramolecular Hbond substituents is 1. The van der Waals surface area contributed by atoms with Crippen LogP contribution in [-0.2, 0) is 30.4 Å². The Hall–Kier alpha value is -3.79. The zero-order valence-electron chi connectivity index (χ0n) is 25.6. The van der Waals surface area contributed by atoms with Crippen LogP contribution in [-0.4, -0.2) is 117 Å². The van der Waals surface area contributed by atoms with Crippen molar-refractivity contribution in [3.8, 4) is 5.75 Å². The number of aromatic hydroxyl groups is 1. The Labute approximate surface area is 261 Å². The maximum absolute atomic E-state index is 13.6. The number of carbonyl (C=O) groups excluding carboxylic acids is 4. The molecule has 45 heavy (non-hydrogen) atoms. The summed E-state index contributed by atoms with van der Waals surface area (Å²) in [5.41, 5.74) is 6.08. The van der Waals surface area contributed by atoms with Gasteiger partial charge in [0.25, 0.3) is 0 Å². The number of nitrogens with zero attached hydrogens (tertiary/aromatic N) is 1. The van der Waals surface area contributed by atoms with Gasteiger partial charge in [-0.05, 0) is 55.8 Å². The molecule has 2 heterocycles. The van der Waals surface area contributed by atoms with Crippen molar-refractivity contribution >= 4 is 29.6 Å². The first-order valence-corrected chi connectivity index (χ1v) is 15.3. The molecule has 2 aliphatic heterocycles. The quantitative estimate of drug-likeness (QED) is 0.0950. The zero-order chi connectivity index (χ0) is 33.3. The molecule has 15 nitrogen and oxygen atoms in total. The normalized spacial score (nSPS) is 23.3. The molecule has 0 saturated carbocycles. The van der Waals surface area contributed by atoms with Crippen molar-refractivity contribution in [1.29, 1.82) is 0 Å². The summed E-state index contributed by atoms with van der Waals surface area (Å²) >= 11 is 0. The summed E-state index contributed by atoms with van der Waals surface area (Å²) in [7, 11) is 0. The van der Waals surface area contributed by atoms with Gasteiger partial charge in [0.05, 0.1) is 18.2 Å². The number of phenols is 1. The highest BCUT2D eigenvalue weighted by atomic mass is 16.4. The van der Waals surface area contributed by atoms with E-state index >= 15 is 0 Å². The average molecular weight is 635 g/mol. The van der Waals surface area contributed by atoms with Gasteiger partial charge in [0.2, 0.25) is 23.6 Å². The molecule has 250 valence electrons. The van der Waals surface area contributed by atoms with E-state index in [9.17, 15) is 44.4 Å². The third kappa shape index (κ3) is 10.1. The molecule has 0 radical (unpaired) electrons. The molecule has 15 heteroatoms. The zero-order valence-corrected chi connectivity index (χ0v) is 25.6. The van der Waals surface area contributed by atoms with Gasteiger partial charge in [-0.2, -0.15) is 0 Å². The van der Waals surface area contributed by atoms with Crippen molar-refractivity contribution in [3.63, 3.8) is 0 Å². The maximum atomic E-state index is 13.6. The van der Waals surface area contributed by atoms with Gasteiger partial charge in [0.1, 0.15) is 29.9 Å². The van der Waals surface area contributed by atoms with Crippen LogP contribution < -0.4 is 27.0 Å². The molecular formula is C30H46N6O9. The number of aliphatic hydroxyl groups excluding tert-OH is 2. The second-order valence-electron chi connectivity index (χ2n) is 12.1. The van der Waals surface area contributed by atoms with E-state index in [1.807, 2.05) is 0 Å². The smallest absolute Gasteiger partial charge is 0.326 e. The Morgan fingerprint density at radius 2 is 1.62 bits per heavy atom. The Kier molecular flexibility index (Phi) is 13.1. The molecule has 10 N–H and O–H groups in total. The van der Waals surface area contributed by atoms with E-state index in [4.69, 9.17) is 5.73 Å². The summed E-state index contributed by atoms with van der Waals surface area (Å²) in [5, 5.41) is 50.2. The molecule has 7 atom stereocenters. The number of unbranched alkanes of at least 4 members (excludes halogenated alkanes) is 1. The monoisotopic (exact) mass is 634 g/mol. The first-order valence-electron chi connectivity index (χ1n) is 15.3. The summed E-state index contributed by atoms with van der Waals surface area (Å²) in [6.45, 7) is 3.91. The summed E-state index contributed by atoms with van der Waals surface area (Å²) in [4.78, 5) is 66.6. The van der Waals surface area contributed by atoms with Gasteiger partial charge in [0, 0.05) is 25.9 Å². The van der Waals surface area contributed by atoms with Gasteiger partial charge in [-0.15, -0.1) is 0 Å². The summed E-state index contributed by atoms with van der Waals surface area (Å²) in [5.74, 6) is -4.23. The van der Waals surface area contributed by atoms with Crippen LogP contribution in [0.4, 0.5) is 0 Å². The first kappa shape index (κ1) is 35.7. The van der Waals surface area contributed by atoms with Gasteiger partial charge in [-0.1, -0.05) is 26.0 Å². The van der Waals surface area contributed by atoms with Crippen LogP contribution in [0.2, 0.25) is 0 Å². The minimum atomic E-state index is -1.23. The first-order chi connectivity index (χ1) is 21.3. The average Bonchev–Trinajstić information content (AvgIpc) is 3.60. The molecule has 0 bridgehead atoms. The van der Waals surface area contributed by atoms with Gasteiger partial charge in [-0.25, -0.2) is 4.79 Å². The summed E-state index contributed by atoms with van der Waals surface area (Å²) < 4.78 is 0. The number of aliphatic carboxylic acids is 1. The van der Waals surface area contributed by atoms with Crippen LogP contribution in [0.25, 0.3) is 0 Å². The van der Waals surface area contributed by atoms with Crippen LogP contribution in [0.5, 0.6) is 5.75 Å². The van der Waals surface area contributed by atoms with Crippen LogP contribution in [0.3, 0.4) is 0 Å². The molecule has 0 aromatic heterocycles. The molecule has 4 amide bonds. The van der Waals surface area contributed by atoms with Crippen LogP contribution >= 0.6 is 0 Å². The second-order valence-corrected chi connectivity index (χ2v) is 12.1. The van der Waals surface area contributed by atoms with E-state index in [2.05, 4.69) is 21.3 Å². The third-order valence-electron chi connectivity index (χ3n) is 8.09. The number of rotatable bonds is 15. The molecular weight excluding hydrogens is 588 g/mol. The Bertz CT molecular complexity index is 1200. The predicted octanol–water partition coefficient (Wildman–Crippen LogP) is -2.06. The highest BCUT2D eigenvalue weighted by Crippen LogP contribution is 2.22. The van der Waals surface area contributed by atoms with E-state index < -0.39 is 77.9 Å². The van der Waals surface area contributed by atoms with Crippen molar-refractivity contribution in [1.82, 2.24) is 26.2 Å². The van der Waals surface area contributed by atoms with E-state index in [1.165, 1.54) is 17.0 Å². The fraction of sp³-hybridized carbons (Fsp3) is 0.633. The number of likely N-dealkylation sites (tertiary alicyclic amines) is 1. The van der Waals surface area contributed by atoms with E-state index in [0.29, 0.717) is 24.9 Å². The highest BCUT2D eigenvalue weighted by Gasteiger charge is 2.43. The molecule has 1 aromatic rings. The largest absolute Gasteiger partial charge is 0.508 e. The number of carboxylic acids is 1. The fourth-order valence-corrected chi connectivity index (χ4v) is 5.56. The van der Waals surface area contributed by atoms with Crippen molar-refractivity contribution in [2.24, 2.45) is 11.7 Å². The van der Waals surface area contributed by atoms with Crippen molar-refractivity contribution < 1.29 is 44.4 Å². The lowest BCUT2D eigenvalue weighted by atomic mass is 9.99. The molecule has 3 rings (SSSR count). The van der Waals surface area contributed by atoms with Crippen LogP contribution in [0.15, 0.2) is 24.3 Å². The standard InChI is InChI=1S/C30H46N6O9/c1-16(2)25(35-27(41)24-13-20(39)15-36(24)29(43)23-12-19(38)14-32-23)28(42)34-22(11-17-6-8-18(37)9-7-17)26(40)33-21(30(44)45)5-3-4-10-31/h6-9,16,19-25,32,37-39H,3-5,10-15,31H2,1-2H3,(H,33,40)(H,34,42)(H,35,41)(H,44,45)/t19-,20-,21+,22+,23+,24+,25+/m1/s1. The van der Waals surface area contributed by atoms with Crippen LogP contribution in [0.1, 0.15) is 51.5 Å². The number of nitrogens with one attached hydrogen (secondary N) is 4. The van der Waals surface area contributed by atoms with E-state index in [0.717, 1.165) is 0 Å². The Morgan fingerprint density at radius 1 is 0.956 bits per heavy atom. The number of benzene rings is 1. The van der Waals surface area contributed by atoms with E-state index in [1.54, 1.807) is 26.0 Å². The van der Waals surface area contributed by atoms with Crippen LogP contribution in [0, 0.1) is 5.92 Å². The Morgan fingerprint density at radius 3 is 2.20 bits per heavy atom. The van der Waals surface area contributed by atoms with Crippen molar-refractivity contribution in [2.75, 3.05) is 19.6 Å². The van der Waals surface area contributed by atoms with Gasteiger partial charge < -0.3 is 52.3 Å². The SMILES string of the molecule is CC(C)[C@H](NC(=O)[C@@H]1C[C@@H](O)CN1C(=O)[C@@H]1C[C@@H](O)CN1)C(=O)N[C@@H](Cc1ccc(O)cc1)C(=O)N[C@@H](CCCCN)C(=O)O. The number of nitrogens with two attached hydrogens (primary N) is 1. The number of β-amino-alcohol motifs (C(OH)–C–C–N with tert-alkyl or cyclic N) is 2. The highest BCUT2D eigenvalue weighted by molar-refractivity contribution is 5.96. The summed E-state index contributed by atoms with van der Waals surface area (Å²) in [6.07, 6.45) is -0.364. The summed E-state index contributed by atoms with van der Waals surface area (Å²) in [6, 6.07) is 0.620. The van der Waals surface area contributed by atoms with E-state index in [-0.39, 0.29) is 44.5 Å². The predicted molar refractivity (Wildman–Crippen MR) is 162 cm³/mol. The molecule has 2 fully saturated rings. The lowest BCUT2D eigenvalue weighted by Crippen LogP contribution is -2.59. The number of aliphatic hydroxyl groups is 2. The van der Waals surface area contributed by atoms with Crippen molar-refractivity contribution in [2.45, 2.75) is 94.8 Å². The molecule has 2 saturated heterocycles. The van der Waals surface area contributed by atoms with Gasteiger partial charge in [-0.3, -0.25) is 19.2 Å². The molecule has 0 spiro atoms. The van der Waals surface area contributed by atoms with Gasteiger partial charge in [0.15, 0.2) is 0 Å². The van der Waals surface area contributed by atoms with Gasteiger partial charge >= 0.3 is 5.97 Å². The number of carbonyl (C=O) groups is 5. The minimum absolute atomic E-state index is 0.00154. The second kappa shape index (κ2) is 16.5. The number of amides is 4. The molecule has 1 aromatic carbocycles. The Balaban J connectivity index is 1.76. The maximum Gasteiger partial charge on any atom is 0.326 e. The minimum Gasteiger partial charge on any atom is -0.508 e.